The van der Waals surface area contributed by atoms with Gasteiger partial charge in [0.05, 0.1) is 6.07 Å². The van der Waals surface area contributed by atoms with Crippen LogP contribution in [0.5, 0.6) is 0 Å². The Bertz CT molecular complexity index is 423. The lowest BCUT2D eigenvalue weighted by Gasteiger charge is -2.15. The number of Topliss-reactive ketones (excluding diaryl/α,β-unsaturated/α-hetero) is 1. The van der Waals surface area contributed by atoms with Crippen LogP contribution >= 0.6 is 0 Å². The minimum absolute atomic E-state index is 0.0360. The Hall–Kier alpha value is -1.70. The Morgan fingerprint density at radius 2 is 2.06 bits per heavy atom. The molecule has 1 rings (SSSR count). The molecule has 1 aromatic carbocycles. The summed E-state index contributed by atoms with van der Waals surface area (Å²) in [5.74, 6) is -0.0360. The van der Waals surface area contributed by atoms with Gasteiger partial charge in [-0.25, -0.2) is 0 Å². The van der Waals surface area contributed by atoms with Gasteiger partial charge in [-0.15, -0.1) is 0 Å². The average molecular weight is 219 g/mol. The van der Waals surface area contributed by atoms with Crippen LogP contribution in [-0.4, -0.2) is 22.1 Å². The van der Waals surface area contributed by atoms with Crippen LogP contribution in [0.25, 0.3) is 0 Å². The van der Waals surface area contributed by atoms with Crippen molar-refractivity contribution in [1.82, 2.24) is 0 Å². The first-order valence-electron chi connectivity index (χ1n) is 4.89. The fourth-order valence-electron chi connectivity index (χ4n) is 1.49. The highest BCUT2D eigenvalue weighted by molar-refractivity contribution is 5.78. The number of hydrogen-bond donors (Lipinski definition) is 2. The summed E-state index contributed by atoms with van der Waals surface area (Å²) < 4.78 is 0. The van der Waals surface area contributed by atoms with E-state index in [1.54, 1.807) is 30.3 Å². The maximum atomic E-state index is 11.0. The predicted octanol–water partition coefficient (Wildman–Crippen LogP) is 0.736. The van der Waals surface area contributed by atoms with Gasteiger partial charge in [-0.05, 0) is 18.1 Å². The zero-order valence-corrected chi connectivity index (χ0v) is 8.92. The molecule has 16 heavy (non-hydrogen) atoms. The lowest BCUT2D eigenvalue weighted by Crippen LogP contribution is -2.18. The molecule has 0 aliphatic heterocycles. The van der Waals surface area contributed by atoms with E-state index in [-0.39, 0.29) is 12.2 Å². The molecule has 0 fully saturated rings. The molecule has 0 radical (unpaired) electrons. The van der Waals surface area contributed by atoms with E-state index in [0.717, 1.165) is 0 Å². The molecule has 0 aliphatic rings. The third-order valence-electron chi connectivity index (χ3n) is 2.24. The van der Waals surface area contributed by atoms with Gasteiger partial charge in [0, 0.05) is 6.42 Å². The molecule has 4 nitrogen and oxygen atoms in total. The van der Waals surface area contributed by atoms with Gasteiger partial charge >= 0.3 is 0 Å². The van der Waals surface area contributed by atoms with Crippen molar-refractivity contribution in [2.45, 2.75) is 25.6 Å². The Balaban J connectivity index is 3.03. The zero-order chi connectivity index (χ0) is 12.1. The van der Waals surface area contributed by atoms with Gasteiger partial charge in [0.25, 0.3) is 0 Å². The lowest BCUT2D eigenvalue weighted by atomic mass is 9.96. The number of carbonyl (C=O) groups excluding carboxylic acids is 1. The average Bonchev–Trinajstić information content (AvgIpc) is 2.27. The van der Waals surface area contributed by atoms with Crippen LogP contribution in [-0.2, 0) is 11.2 Å². The van der Waals surface area contributed by atoms with Crippen molar-refractivity contribution in [3.63, 3.8) is 0 Å². The summed E-state index contributed by atoms with van der Waals surface area (Å²) in [7, 11) is 0. The number of benzene rings is 1. The van der Waals surface area contributed by atoms with E-state index in [2.05, 4.69) is 0 Å². The first-order valence-corrected chi connectivity index (χ1v) is 4.89. The van der Waals surface area contributed by atoms with Crippen LogP contribution in [0.2, 0.25) is 0 Å². The second-order valence-electron chi connectivity index (χ2n) is 3.60. The van der Waals surface area contributed by atoms with Crippen molar-refractivity contribution in [2.75, 3.05) is 0 Å². The molecule has 0 saturated heterocycles. The Labute approximate surface area is 93.8 Å². The van der Waals surface area contributed by atoms with Crippen LogP contribution in [0.1, 0.15) is 24.2 Å². The summed E-state index contributed by atoms with van der Waals surface area (Å²) in [4.78, 5) is 11.0. The fourth-order valence-corrected chi connectivity index (χ4v) is 1.49. The van der Waals surface area contributed by atoms with E-state index in [1.165, 1.54) is 6.92 Å². The standard InChI is InChI=1S/C12H13NO3/c1-8(14)6-9-4-2-3-5-10(9)12(16)11(15)7-13/h2-5,11-12,15-16H,6H2,1H3. The third kappa shape index (κ3) is 2.89. The van der Waals surface area contributed by atoms with Crippen LogP contribution in [0, 0.1) is 11.3 Å². The summed E-state index contributed by atoms with van der Waals surface area (Å²) in [5.41, 5.74) is 1.06. The van der Waals surface area contributed by atoms with Crippen molar-refractivity contribution < 1.29 is 15.0 Å². The molecule has 0 saturated carbocycles. The first-order chi connectivity index (χ1) is 7.56. The van der Waals surface area contributed by atoms with E-state index in [0.29, 0.717) is 11.1 Å². The van der Waals surface area contributed by atoms with Crippen LogP contribution in [0.3, 0.4) is 0 Å². The molecule has 0 bridgehead atoms. The van der Waals surface area contributed by atoms with Gasteiger partial charge in [0.15, 0.2) is 6.10 Å². The van der Waals surface area contributed by atoms with E-state index < -0.39 is 12.2 Å². The topological polar surface area (TPSA) is 81.3 Å². The molecular formula is C12H13NO3. The van der Waals surface area contributed by atoms with Gasteiger partial charge in [0.1, 0.15) is 11.9 Å². The zero-order valence-electron chi connectivity index (χ0n) is 8.92. The first kappa shape index (κ1) is 12.4. The second kappa shape index (κ2) is 5.40. The molecule has 0 heterocycles. The van der Waals surface area contributed by atoms with Crippen LogP contribution in [0.4, 0.5) is 0 Å². The van der Waals surface area contributed by atoms with Crippen molar-refractivity contribution in [3.05, 3.63) is 35.4 Å². The number of nitriles is 1. The van der Waals surface area contributed by atoms with E-state index >= 15 is 0 Å². The number of ketones is 1. The minimum atomic E-state index is -1.48. The summed E-state index contributed by atoms with van der Waals surface area (Å²) >= 11 is 0. The molecule has 0 aromatic heterocycles. The number of nitrogens with zero attached hydrogens (tertiary/aromatic N) is 1. The number of aliphatic hydroxyl groups is 2. The Morgan fingerprint density at radius 3 is 2.62 bits per heavy atom. The summed E-state index contributed by atoms with van der Waals surface area (Å²) in [5, 5.41) is 27.5. The molecule has 0 spiro atoms. The SMILES string of the molecule is CC(=O)Cc1ccccc1C(O)C(O)C#N. The van der Waals surface area contributed by atoms with Gasteiger partial charge in [-0.3, -0.25) is 4.79 Å². The number of rotatable bonds is 4. The maximum absolute atomic E-state index is 11.0. The van der Waals surface area contributed by atoms with Gasteiger partial charge in [-0.2, -0.15) is 5.26 Å². The third-order valence-corrected chi connectivity index (χ3v) is 2.24. The Morgan fingerprint density at radius 1 is 1.44 bits per heavy atom. The number of hydrogen-bond acceptors (Lipinski definition) is 4. The molecule has 1 aromatic rings. The smallest absolute Gasteiger partial charge is 0.170 e. The highest BCUT2D eigenvalue weighted by atomic mass is 16.3. The van der Waals surface area contributed by atoms with Crippen LogP contribution in [0.15, 0.2) is 24.3 Å². The molecule has 0 aliphatic carbocycles. The van der Waals surface area contributed by atoms with Crippen molar-refractivity contribution in [2.24, 2.45) is 0 Å². The molecule has 84 valence electrons. The lowest BCUT2D eigenvalue weighted by molar-refractivity contribution is -0.116. The molecule has 2 atom stereocenters. The van der Waals surface area contributed by atoms with Gasteiger partial charge in [0.2, 0.25) is 0 Å². The highest BCUT2D eigenvalue weighted by Crippen LogP contribution is 2.21. The molecule has 0 amide bonds. The van der Waals surface area contributed by atoms with E-state index in [1.807, 2.05) is 0 Å². The van der Waals surface area contributed by atoms with Crippen molar-refractivity contribution >= 4 is 5.78 Å². The second-order valence-corrected chi connectivity index (χ2v) is 3.60. The minimum Gasteiger partial charge on any atom is -0.385 e. The predicted molar refractivity (Wildman–Crippen MR) is 57.4 cm³/mol. The van der Waals surface area contributed by atoms with Crippen LogP contribution < -0.4 is 0 Å². The quantitative estimate of drug-likeness (QED) is 0.732. The van der Waals surface area contributed by atoms with Crippen molar-refractivity contribution in [1.29, 1.82) is 5.26 Å². The van der Waals surface area contributed by atoms with E-state index in [9.17, 15) is 15.0 Å². The molecule has 4 heteroatoms. The normalized spacial score (nSPS) is 13.9. The highest BCUT2D eigenvalue weighted by Gasteiger charge is 2.20. The number of carbonyl (C=O) groups is 1. The molecule has 2 N–H and O–H groups in total. The summed E-state index contributed by atoms with van der Waals surface area (Å²) in [6, 6.07) is 8.29. The summed E-state index contributed by atoms with van der Waals surface area (Å²) in [6.45, 7) is 1.45. The van der Waals surface area contributed by atoms with Gasteiger partial charge in [-0.1, -0.05) is 24.3 Å². The van der Waals surface area contributed by atoms with E-state index in [4.69, 9.17) is 5.26 Å². The summed E-state index contributed by atoms with van der Waals surface area (Å²) in [6.07, 6.45) is -2.57. The largest absolute Gasteiger partial charge is 0.385 e. The Kier molecular flexibility index (Phi) is 4.18. The van der Waals surface area contributed by atoms with Gasteiger partial charge < -0.3 is 10.2 Å². The maximum Gasteiger partial charge on any atom is 0.170 e. The fraction of sp³-hybridized carbons (Fsp3) is 0.333. The number of aliphatic hydroxyl groups excluding tert-OH is 2. The van der Waals surface area contributed by atoms with Crippen molar-refractivity contribution in [3.8, 4) is 6.07 Å². The molecule has 2 unspecified atom stereocenters. The molecular weight excluding hydrogens is 206 g/mol. The monoisotopic (exact) mass is 219 g/mol.